The number of nitrogens with zero attached hydrogens (tertiary/aromatic N) is 5. The van der Waals surface area contributed by atoms with Gasteiger partial charge in [0.15, 0.2) is 5.82 Å². The number of ether oxygens (including phenoxy) is 4. The van der Waals surface area contributed by atoms with E-state index in [1.807, 2.05) is 13.8 Å². The van der Waals surface area contributed by atoms with Crippen molar-refractivity contribution in [3.8, 4) is 5.88 Å². The van der Waals surface area contributed by atoms with Crippen molar-refractivity contribution in [2.75, 3.05) is 71.6 Å². The summed E-state index contributed by atoms with van der Waals surface area (Å²) in [5.74, 6) is -1.27. The maximum Gasteiger partial charge on any atom is 0.312 e. The number of urea groups is 1. The molecule has 0 aromatic carbocycles. The smallest absolute Gasteiger partial charge is 0.312 e. The van der Waals surface area contributed by atoms with E-state index in [0.717, 1.165) is 48.3 Å². The summed E-state index contributed by atoms with van der Waals surface area (Å²) in [6.45, 7) is 12.4. The monoisotopic (exact) mass is 945 g/mol. The fraction of sp³-hybridized carbons (Fsp3) is 0.682. The zero-order chi connectivity index (χ0) is 49.1. The van der Waals surface area contributed by atoms with Crippen LogP contribution in [-0.2, 0) is 55.9 Å². The van der Waals surface area contributed by atoms with Gasteiger partial charge in [0.2, 0.25) is 23.6 Å². The Labute approximate surface area is 391 Å². The number of primary amides is 1. The Morgan fingerprint density at radius 3 is 2.04 bits per heavy atom. The highest BCUT2D eigenvalue weighted by Crippen LogP contribution is 2.29. The van der Waals surface area contributed by atoms with Crippen LogP contribution in [0.25, 0.3) is 11.0 Å². The third-order valence-electron chi connectivity index (χ3n) is 10.3. The minimum absolute atomic E-state index is 0.0000205. The molecule has 9 N–H and O–H groups in total. The van der Waals surface area contributed by atoms with E-state index < -0.39 is 41.7 Å². The number of aromatic nitrogens is 4. The molecule has 0 aliphatic carbocycles. The Bertz CT molecular complexity index is 1940. The van der Waals surface area contributed by atoms with Gasteiger partial charge < -0.3 is 61.6 Å². The fourth-order valence-corrected chi connectivity index (χ4v) is 6.82. The van der Waals surface area contributed by atoms with Crippen molar-refractivity contribution in [3.05, 3.63) is 18.0 Å². The fourth-order valence-electron chi connectivity index (χ4n) is 6.82. The maximum atomic E-state index is 13.5. The summed E-state index contributed by atoms with van der Waals surface area (Å²) < 4.78 is 24.5. The molecule has 0 saturated carbocycles. The zero-order valence-corrected chi connectivity index (χ0v) is 39.7. The summed E-state index contributed by atoms with van der Waals surface area (Å²) in [4.78, 5) is 92.0. The molecule has 23 nitrogen and oxygen atoms in total. The molecular weight excluding hydrogens is 873 g/mol. The molecule has 1 aliphatic heterocycles. The summed E-state index contributed by atoms with van der Waals surface area (Å²) in [5, 5.41) is 21.9. The van der Waals surface area contributed by atoms with E-state index >= 15 is 0 Å². The minimum atomic E-state index is -0.935. The van der Waals surface area contributed by atoms with Gasteiger partial charge in [-0.25, -0.2) is 9.78 Å². The van der Waals surface area contributed by atoms with Gasteiger partial charge in [0.25, 0.3) is 17.7 Å². The summed E-state index contributed by atoms with van der Waals surface area (Å²) in [5.41, 5.74) is 12.7. The SMILES string of the molecule is CCCCc1nc2c(N)nnc(OC(C)C)c2n1CCCCCNC(=O)[C@H](CCCNC(N)=O)NC(=O)[C@@H](NC(=O)CCOCCOCCOCCNC(=O)CCN1C(=O)C=CC1=O)C(C)C. The van der Waals surface area contributed by atoms with Crippen LogP contribution in [0.2, 0.25) is 0 Å². The van der Waals surface area contributed by atoms with Gasteiger partial charge in [-0.2, -0.15) is 0 Å². The minimum Gasteiger partial charge on any atom is -0.472 e. The number of nitrogens with one attached hydrogen (secondary N) is 5. The first-order valence-electron chi connectivity index (χ1n) is 23.2. The molecule has 2 aromatic heterocycles. The molecule has 2 atom stereocenters. The highest BCUT2D eigenvalue weighted by Gasteiger charge is 2.29. The van der Waals surface area contributed by atoms with E-state index in [4.69, 9.17) is 35.4 Å². The molecule has 67 heavy (non-hydrogen) atoms. The highest BCUT2D eigenvalue weighted by molar-refractivity contribution is 6.13. The number of carbonyl (C=O) groups is 7. The molecule has 2 aromatic rings. The lowest BCUT2D eigenvalue weighted by Gasteiger charge is -2.25. The van der Waals surface area contributed by atoms with Crippen LogP contribution >= 0.6 is 0 Å². The first kappa shape index (κ1) is 55.4. The van der Waals surface area contributed by atoms with Gasteiger partial charge >= 0.3 is 6.03 Å². The second-order valence-corrected chi connectivity index (χ2v) is 16.5. The van der Waals surface area contributed by atoms with Crippen LogP contribution in [0.5, 0.6) is 5.88 Å². The Kier molecular flexibility index (Phi) is 25.1. The van der Waals surface area contributed by atoms with E-state index in [1.165, 1.54) is 12.2 Å². The number of hydrogen-bond donors (Lipinski definition) is 7. The number of carbonyl (C=O) groups excluding carboxylic acids is 7. The van der Waals surface area contributed by atoms with Crippen molar-refractivity contribution >= 4 is 58.3 Å². The topological polar surface area (TPSA) is 315 Å². The first-order valence-corrected chi connectivity index (χ1v) is 23.2. The summed E-state index contributed by atoms with van der Waals surface area (Å²) in [7, 11) is 0. The summed E-state index contributed by atoms with van der Waals surface area (Å²) in [6, 6.07) is -2.56. The van der Waals surface area contributed by atoms with Gasteiger partial charge in [0, 0.05) is 64.1 Å². The Morgan fingerprint density at radius 1 is 0.716 bits per heavy atom. The average molecular weight is 945 g/mol. The molecule has 3 heterocycles. The third kappa shape index (κ3) is 20.2. The van der Waals surface area contributed by atoms with Crippen molar-refractivity contribution in [2.45, 2.75) is 124 Å². The molecule has 1 aliphatic rings. The molecule has 23 heteroatoms. The zero-order valence-electron chi connectivity index (χ0n) is 39.7. The number of fused-ring (bicyclic) bond motifs is 1. The van der Waals surface area contributed by atoms with E-state index in [0.29, 0.717) is 37.3 Å². The van der Waals surface area contributed by atoms with Crippen LogP contribution in [0.4, 0.5) is 10.6 Å². The molecule has 0 bridgehead atoms. The predicted octanol–water partition coefficient (Wildman–Crippen LogP) is 0.770. The number of anilines is 1. The van der Waals surface area contributed by atoms with Crippen molar-refractivity contribution in [1.82, 2.24) is 51.2 Å². The second kappa shape index (κ2) is 30.4. The van der Waals surface area contributed by atoms with Crippen LogP contribution in [0.3, 0.4) is 0 Å². The number of aryl methyl sites for hydroxylation is 2. The van der Waals surface area contributed by atoms with Gasteiger partial charge in [0.1, 0.15) is 28.9 Å². The molecule has 8 amide bonds. The number of unbranched alkanes of at least 4 members (excludes halogenated alkanes) is 3. The number of rotatable bonds is 35. The third-order valence-corrected chi connectivity index (χ3v) is 10.3. The van der Waals surface area contributed by atoms with Crippen molar-refractivity contribution in [3.63, 3.8) is 0 Å². The first-order chi connectivity index (χ1) is 32.1. The Balaban J connectivity index is 1.37. The van der Waals surface area contributed by atoms with Crippen LogP contribution in [0.15, 0.2) is 12.2 Å². The number of imide groups is 1. The van der Waals surface area contributed by atoms with Gasteiger partial charge in [-0.1, -0.05) is 27.2 Å². The molecule has 0 fully saturated rings. The standard InChI is InChI=1S/C44H72N12O11/c1-6-7-13-32-51-38-39(43(67-30(4)5)54-53-40(38)45)55(32)21-10-8-9-18-48-41(61)31(12-11-19-49-44(46)63)50-42(62)37(29(2)3)52-34(58)17-23-64-25-27-66-28-26-65-24-20-47-33(57)16-22-56-35(59)14-15-36(56)60/h14-15,29-31,37H,6-13,16-28H2,1-5H3,(H2,45,53)(H,47,57)(H,48,61)(H,50,62)(H,52,58)(H3,46,49,63)/t31-,37-/m0/s1. The molecule has 0 radical (unpaired) electrons. The average Bonchev–Trinajstić information content (AvgIpc) is 3.82. The quantitative estimate of drug-likeness (QED) is 0.0371. The molecule has 0 unspecified atom stereocenters. The molecule has 0 saturated heterocycles. The number of amides is 8. The van der Waals surface area contributed by atoms with Crippen molar-refractivity contribution in [2.24, 2.45) is 11.7 Å². The summed E-state index contributed by atoms with van der Waals surface area (Å²) in [6.07, 6.45) is 7.71. The van der Waals surface area contributed by atoms with Crippen LogP contribution < -0.4 is 42.8 Å². The van der Waals surface area contributed by atoms with Gasteiger partial charge in [-0.3, -0.25) is 33.7 Å². The Hall–Kier alpha value is -5.94. The number of imidazole rings is 1. The molecule has 3 rings (SSSR count). The van der Waals surface area contributed by atoms with Crippen LogP contribution in [0.1, 0.15) is 98.2 Å². The number of nitrogens with two attached hydrogens (primary N) is 2. The van der Waals surface area contributed by atoms with Gasteiger partial charge in [-0.15, -0.1) is 10.2 Å². The normalized spacial score (nSPS) is 13.3. The van der Waals surface area contributed by atoms with Crippen LogP contribution in [0, 0.1) is 5.92 Å². The second-order valence-electron chi connectivity index (χ2n) is 16.5. The van der Waals surface area contributed by atoms with Gasteiger partial charge in [0.05, 0.1) is 45.7 Å². The maximum absolute atomic E-state index is 13.5. The lowest BCUT2D eigenvalue weighted by atomic mass is 10.0. The van der Waals surface area contributed by atoms with E-state index in [-0.39, 0.29) is 108 Å². The van der Waals surface area contributed by atoms with Crippen LogP contribution in [-0.4, -0.2) is 150 Å². The van der Waals surface area contributed by atoms with E-state index in [9.17, 15) is 33.6 Å². The van der Waals surface area contributed by atoms with Crippen molar-refractivity contribution in [1.29, 1.82) is 0 Å². The largest absolute Gasteiger partial charge is 0.472 e. The molecular formula is C44H72N12O11. The summed E-state index contributed by atoms with van der Waals surface area (Å²) >= 11 is 0. The molecule has 0 spiro atoms. The number of nitrogen functional groups attached to an aromatic ring is 1. The Morgan fingerprint density at radius 2 is 1.39 bits per heavy atom. The van der Waals surface area contributed by atoms with Gasteiger partial charge in [-0.05, 0) is 58.3 Å². The molecule has 374 valence electrons. The predicted molar refractivity (Wildman–Crippen MR) is 247 cm³/mol. The lowest BCUT2D eigenvalue weighted by molar-refractivity contribution is -0.137. The number of hydrogen-bond acceptors (Lipinski definition) is 15. The van der Waals surface area contributed by atoms with E-state index in [1.54, 1.807) is 13.8 Å². The van der Waals surface area contributed by atoms with Crippen molar-refractivity contribution < 1.29 is 52.5 Å². The highest BCUT2D eigenvalue weighted by atomic mass is 16.5. The van der Waals surface area contributed by atoms with E-state index in [2.05, 4.69) is 48.3 Å². The lowest BCUT2D eigenvalue weighted by Crippen LogP contribution is -2.55.